The van der Waals surface area contributed by atoms with Crippen LogP contribution in [0.15, 0.2) is 4.99 Å². The molecule has 0 saturated carbocycles. The van der Waals surface area contributed by atoms with Crippen molar-refractivity contribution < 1.29 is 4.79 Å². The lowest BCUT2D eigenvalue weighted by Gasteiger charge is -2.14. The van der Waals surface area contributed by atoms with E-state index in [1.54, 1.807) is 0 Å². The van der Waals surface area contributed by atoms with Gasteiger partial charge in [0.2, 0.25) is 5.91 Å². The summed E-state index contributed by atoms with van der Waals surface area (Å²) >= 11 is 1.37. The average Bonchev–Trinajstić information content (AvgIpc) is 2.81. The van der Waals surface area contributed by atoms with Gasteiger partial charge in [0.05, 0.1) is 6.54 Å². The Morgan fingerprint density at radius 3 is 2.81 bits per heavy atom. The van der Waals surface area contributed by atoms with Crippen LogP contribution in [0.2, 0.25) is 0 Å². The van der Waals surface area contributed by atoms with Crippen molar-refractivity contribution in [2.24, 2.45) is 4.99 Å². The van der Waals surface area contributed by atoms with Gasteiger partial charge in [0, 0.05) is 19.5 Å². The minimum Gasteiger partial charge on any atom is -0.343 e. The topological polar surface area (TPSA) is 68.5 Å². The zero-order valence-electron chi connectivity index (χ0n) is 9.40. The molecule has 0 spiro atoms. The summed E-state index contributed by atoms with van der Waals surface area (Å²) in [6.45, 7) is 2.21. The summed E-state index contributed by atoms with van der Waals surface area (Å²) in [5.41, 5.74) is 0. The summed E-state index contributed by atoms with van der Waals surface area (Å²) in [6.07, 6.45) is 6.31. The molecule has 6 heteroatoms. The zero-order valence-corrected chi connectivity index (χ0v) is 10.2. The number of amidine groups is 1. The van der Waals surface area contributed by atoms with Crippen LogP contribution in [0.3, 0.4) is 0 Å². The number of rotatable bonds is 3. The maximum absolute atomic E-state index is 11.6. The van der Waals surface area contributed by atoms with E-state index < -0.39 is 0 Å². The summed E-state index contributed by atoms with van der Waals surface area (Å²) in [5.74, 6) is 0.165. The maximum atomic E-state index is 11.6. The molecule has 1 rings (SSSR count). The van der Waals surface area contributed by atoms with Gasteiger partial charge in [-0.15, -0.1) is 0 Å². The normalized spacial score (nSPS) is 16.0. The highest BCUT2D eigenvalue weighted by atomic mass is 32.2. The van der Waals surface area contributed by atoms with Gasteiger partial charge in [-0.25, -0.2) is 0 Å². The van der Waals surface area contributed by atoms with Crippen LogP contribution >= 0.6 is 11.8 Å². The van der Waals surface area contributed by atoms with Crippen molar-refractivity contribution in [3.8, 4) is 6.19 Å². The molecule has 1 aliphatic heterocycles. The second-order valence-electron chi connectivity index (χ2n) is 3.47. The van der Waals surface area contributed by atoms with Crippen molar-refractivity contribution in [2.45, 2.75) is 19.3 Å². The predicted octanol–water partition coefficient (Wildman–Crippen LogP) is 0.789. The highest BCUT2D eigenvalue weighted by molar-refractivity contribution is 8.13. The number of nitrogens with zero attached hydrogens (tertiary/aromatic N) is 3. The molecular formula is C10H16N4OS. The van der Waals surface area contributed by atoms with E-state index in [9.17, 15) is 4.79 Å². The number of likely N-dealkylation sites (tertiary alicyclic amines) is 1. The van der Waals surface area contributed by atoms with Gasteiger partial charge in [0.25, 0.3) is 0 Å². The number of carbonyl (C=O) groups excluding carboxylic acids is 1. The summed E-state index contributed by atoms with van der Waals surface area (Å²) in [5, 5.41) is 11.5. The summed E-state index contributed by atoms with van der Waals surface area (Å²) in [7, 11) is 0. The Balaban J connectivity index is 2.28. The van der Waals surface area contributed by atoms with E-state index in [1.165, 1.54) is 11.8 Å². The first kappa shape index (κ1) is 12.8. The smallest absolute Gasteiger partial charge is 0.224 e. The molecule has 1 saturated heterocycles. The zero-order chi connectivity index (χ0) is 11.8. The van der Waals surface area contributed by atoms with Crippen LogP contribution in [0.1, 0.15) is 19.3 Å². The molecule has 0 aromatic carbocycles. The minimum atomic E-state index is 0.165. The molecule has 1 N–H and O–H groups in total. The van der Waals surface area contributed by atoms with E-state index in [1.807, 2.05) is 17.3 Å². The van der Waals surface area contributed by atoms with Gasteiger partial charge >= 0.3 is 0 Å². The van der Waals surface area contributed by atoms with Crippen molar-refractivity contribution >= 4 is 22.8 Å². The van der Waals surface area contributed by atoms with Gasteiger partial charge in [-0.05, 0) is 19.1 Å². The fraction of sp³-hybridized carbons (Fsp3) is 0.700. The highest BCUT2D eigenvalue weighted by Gasteiger charge is 2.16. The molecule has 1 fully saturated rings. The number of amides is 1. The Labute approximate surface area is 99.9 Å². The Morgan fingerprint density at radius 1 is 1.56 bits per heavy atom. The number of hydrogen-bond acceptors (Lipinski definition) is 4. The first-order valence-corrected chi connectivity index (χ1v) is 6.51. The first-order chi connectivity index (χ1) is 7.77. The van der Waals surface area contributed by atoms with Gasteiger partial charge in [-0.3, -0.25) is 15.1 Å². The Kier molecular flexibility index (Phi) is 5.72. The lowest BCUT2D eigenvalue weighted by atomic mass is 10.4. The molecule has 5 nitrogen and oxygen atoms in total. The molecule has 0 radical (unpaired) electrons. The predicted molar refractivity (Wildman–Crippen MR) is 65.0 cm³/mol. The van der Waals surface area contributed by atoms with Crippen LogP contribution in [0, 0.1) is 11.5 Å². The molecule has 1 heterocycles. The van der Waals surface area contributed by atoms with Gasteiger partial charge in [-0.2, -0.15) is 5.26 Å². The van der Waals surface area contributed by atoms with E-state index in [4.69, 9.17) is 5.26 Å². The fourth-order valence-corrected chi connectivity index (χ4v) is 1.95. The number of hydrogen-bond donors (Lipinski definition) is 1. The van der Waals surface area contributed by atoms with Gasteiger partial charge in [-0.1, -0.05) is 11.8 Å². The van der Waals surface area contributed by atoms with Gasteiger partial charge < -0.3 is 4.90 Å². The lowest BCUT2D eigenvalue weighted by molar-refractivity contribution is -0.129. The van der Waals surface area contributed by atoms with E-state index in [-0.39, 0.29) is 5.91 Å². The summed E-state index contributed by atoms with van der Waals surface area (Å²) < 4.78 is 0. The first-order valence-electron chi connectivity index (χ1n) is 5.29. The monoisotopic (exact) mass is 240 g/mol. The van der Waals surface area contributed by atoms with Crippen molar-refractivity contribution in [3.05, 3.63) is 0 Å². The van der Waals surface area contributed by atoms with Gasteiger partial charge in [0.1, 0.15) is 0 Å². The number of nitriles is 1. The lowest BCUT2D eigenvalue weighted by Crippen LogP contribution is -2.28. The standard InChI is InChI=1S/C10H16N4OS/c1-16-10(13-8-11)12-5-4-9(15)14-6-2-3-7-14/h2-7H2,1H3,(H,12,13). The van der Waals surface area contributed by atoms with Crippen LogP contribution in [0.4, 0.5) is 0 Å². The Morgan fingerprint density at radius 2 is 2.25 bits per heavy atom. The third-order valence-electron chi connectivity index (χ3n) is 2.40. The fourth-order valence-electron chi connectivity index (χ4n) is 1.58. The molecule has 0 unspecified atom stereocenters. The molecule has 0 aliphatic carbocycles. The average molecular weight is 240 g/mol. The molecule has 0 aromatic rings. The summed E-state index contributed by atoms with van der Waals surface area (Å²) in [6, 6.07) is 0. The van der Waals surface area contributed by atoms with Crippen molar-refractivity contribution in [1.82, 2.24) is 10.2 Å². The van der Waals surface area contributed by atoms with Crippen molar-refractivity contribution in [3.63, 3.8) is 0 Å². The molecule has 1 aliphatic rings. The molecule has 88 valence electrons. The second-order valence-corrected chi connectivity index (χ2v) is 4.26. The number of thioether (sulfide) groups is 1. The Hall–Kier alpha value is -1.22. The van der Waals surface area contributed by atoms with Crippen molar-refractivity contribution in [1.29, 1.82) is 5.26 Å². The van der Waals surface area contributed by atoms with Crippen LogP contribution in [0.5, 0.6) is 0 Å². The largest absolute Gasteiger partial charge is 0.343 e. The SMILES string of the molecule is CSC(=NCCC(=O)N1CCCC1)NC#N. The molecule has 16 heavy (non-hydrogen) atoms. The van der Waals surface area contributed by atoms with E-state index in [0.29, 0.717) is 18.1 Å². The third-order valence-corrected chi connectivity index (χ3v) is 3.01. The highest BCUT2D eigenvalue weighted by Crippen LogP contribution is 2.08. The Bertz CT molecular complexity index is 304. The molecule has 0 bridgehead atoms. The van der Waals surface area contributed by atoms with Crippen molar-refractivity contribution in [2.75, 3.05) is 25.9 Å². The van der Waals surface area contributed by atoms with Gasteiger partial charge in [0.15, 0.2) is 11.4 Å². The molecule has 0 aromatic heterocycles. The molecule has 0 atom stereocenters. The van der Waals surface area contributed by atoms with E-state index >= 15 is 0 Å². The quantitative estimate of drug-likeness (QED) is 0.343. The maximum Gasteiger partial charge on any atom is 0.224 e. The molecular weight excluding hydrogens is 224 g/mol. The van der Waals surface area contributed by atoms with Crippen LogP contribution in [-0.4, -0.2) is 41.9 Å². The number of nitrogens with one attached hydrogen (secondary N) is 1. The second kappa shape index (κ2) is 7.12. The van der Waals surface area contributed by atoms with Crippen LogP contribution < -0.4 is 5.32 Å². The van der Waals surface area contributed by atoms with E-state index in [2.05, 4.69) is 10.3 Å². The third kappa shape index (κ3) is 4.11. The summed E-state index contributed by atoms with van der Waals surface area (Å²) in [4.78, 5) is 17.7. The van der Waals surface area contributed by atoms with Crippen LogP contribution in [-0.2, 0) is 4.79 Å². The molecule has 1 amide bonds. The number of aliphatic imine (C=N–C) groups is 1. The number of carbonyl (C=O) groups is 1. The van der Waals surface area contributed by atoms with E-state index in [0.717, 1.165) is 25.9 Å². The minimum absolute atomic E-state index is 0.165. The van der Waals surface area contributed by atoms with Crippen LogP contribution in [0.25, 0.3) is 0 Å².